The highest BCUT2D eigenvalue weighted by atomic mass is 16.2. The van der Waals surface area contributed by atoms with E-state index >= 15 is 0 Å². The zero-order chi connectivity index (χ0) is 13.3. The Bertz CT molecular complexity index is 518. The standard InChI is InChI=1S/C14H17N3O/c1-4-10(2)17-12-6-5-11(8-15)7-13(12)16(3)9-14(17)18/h5-7,10H,4,9H2,1-3H3. The summed E-state index contributed by atoms with van der Waals surface area (Å²) in [5.41, 5.74) is 2.48. The van der Waals surface area contributed by atoms with Crippen LogP contribution in [0.4, 0.5) is 11.4 Å². The smallest absolute Gasteiger partial charge is 0.246 e. The number of likely N-dealkylation sites (N-methyl/N-ethyl adjacent to an activating group) is 1. The summed E-state index contributed by atoms with van der Waals surface area (Å²) in [6, 6.07) is 7.79. The molecule has 0 spiro atoms. The molecule has 0 fully saturated rings. The third-order valence-electron chi connectivity index (χ3n) is 3.45. The van der Waals surface area contributed by atoms with Gasteiger partial charge >= 0.3 is 0 Å². The fourth-order valence-corrected chi connectivity index (χ4v) is 2.27. The average Bonchev–Trinajstić information content (AvgIpc) is 2.38. The maximum atomic E-state index is 12.1. The molecule has 1 unspecified atom stereocenters. The Morgan fingerprint density at radius 3 is 2.78 bits per heavy atom. The van der Waals surface area contributed by atoms with Gasteiger partial charge in [0.05, 0.1) is 29.6 Å². The van der Waals surface area contributed by atoms with Gasteiger partial charge in [0, 0.05) is 13.1 Å². The van der Waals surface area contributed by atoms with Gasteiger partial charge in [0.2, 0.25) is 5.91 Å². The molecule has 4 heteroatoms. The molecule has 1 aromatic rings. The van der Waals surface area contributed by atoms with Crippen LogP contribution in [0.5, 0.6) is 0 Å². The minimum atomic E-state index is 0.115. The van der Waals surface area contributed by atoms with Crippen molar-refractivity contribution in [1.29, 1.82) is 5.26 Å². The fraction of sp³-hybridized carbons (Fsp3) is 0.429. The van der Waals surface area contributed by atoms with Crippen molar-refractivity contribution in [3.05, 3.63) is 23.8 Å². The molecule has 1 amide bonds. The molecule has 1 aromatic carbocycles. The summed E-state index contributed by atoms with van der Waals surface area (Å²) in [7, 11) is 1.88. The minimum absolute atomic E-state index is 0.115. The number of anilines is 2. The highest BCUT2D eigenvalue weighted by Gasteiger charge is 2.30. The SMILES string of the molecule is CCC(C)N1C(=O)CN(C)c2cc(C#N)ccc21. The van der Waals surface area contributed by atoms with E-state index in [1.54, 1.807) is 6.07 Å². The Morgan fingerprint density at radius 2 is 2.17 bits per heavy atom. The molecule has 1 aliphatic heterocycles. The summed E-state index contributed by atoms with van der Waals surface area (Å²) in [6.07, 6.45) is 0.912. The Balaban J connectivity index is 2.53. The van der Waals surface area contributed by atoms with Crippen LogP contribution in [0, 0.1) is 11.3 Å². The molecule has 0 radical (unpaired) electrons. The first kappa shape index (κ1) is 12.4. The van der Waals surface area contributed by atoms with E-state index in [4.69, 9.17) is 5.26 Å². The second-order valence-corrected chi connectivity index (χ2v) is 4.69. The van der Waals surface area contributed by atoms with Crippen LogP contribution in [0.2, 0.25) is 0 Å². The third kappa shape index (κ3) is 1.92. The first-order chi connectivity index (χ1) is 8.58. The Hall–Kier alpha value is -2.02. The van der Waals surface area contributed by atoms with Gasteiger partial charge in [-0.2, -0.15) is 5.26 Å². The van der Waals surface area contributed by atoms with E-state index in [0.717, 1.165) is 17.8 Å². The molecule has 18 heavy (non-hydrogen) atoms. The Kier molecular flexibility index (Phi) is 3.24. The molecular weight excluding hydrogens is 226 g/mol. The quantitative estimate of drug-likeness (QED) is 0.799. The Morgan fingerprint density at radius 1 is 1.44 bits per heavy atom. The predicted octanol–water partition coefficient (Wildman–Crippen LogP) is 2.14. The van der Waals surface area contributed by atoms with Gasteiger partial charge in [-0.15, -0.1) is 0 Å². The van der Waals surface area contributed by atoms with Gasteiger partial charge < -0.3 is 9.80 Å². The third-order valence-corrected chi connectivity index (χ3v) is 3.45. The van der Waals surface area contributed by atoms with Crippen molar-refractivity contribution in [2.75, 3.05) is 23.4 Å². The van der Waals surface area contributed by atoms with Crippen LogP contribution < -0.4 is 9.80 Å². The lowest BCUT2D eigenvalue weighted by molar-refractivity contribution is -0.118. The normalized spacial score (nSPS) is 16.2. The van der Waals surface area contributed by atoms with E-state index in [-0.39, 0.29) is 11.9 Å². The summed E-state index contributed by atoms with van der Waals surface area (Å²) >= 11 is 0. The van der Waals surface area contributed by atoms with Crippen molar-refractivity contribution in [1.82, 2.24) is 0 Å². The minimum Gasteiger partial charge on any atom is -0.364 e. The molecule has 0 saturated carbocycles. The molecule has 1 aliphatic rings. The number of carbonyl (C=O) groups is 1. The monoisotopic (exact) mass is 243 g/mol. The van der Waals surface area contributed by atoms with Crippen molar-refractivity contribution >= 4 is 17.3 Å². The van der Waals surface area contributed by atoms with Gasteiger partial charge in [0.25, 0.3) is 0 Å². The van der Waals surface area contributed by atoms with Crippen molar-refractivity contribution in [3.8, 4) is 6.07 Å². The fourth-order valence-electron chi connectivity index (χ4n) is 2.27. The van der Waals surface area contributed by atoms with Gasteiger partial charge in [-0.1, -0.05) is 6.92 Å². The Labute approximate surface area is 107 Å². The van der Waals surface area contributed by atoms with Crippen molar-refractivity contribution in [2.45, 2.75) is 26.3 Å². The lowest BCUT2D eigenvalue weighted by atomic mass is 10.1. The molecule has 4 nitrogen and oxygen atoms in total. The van der Waals surface area contributed by atoms with E-state index in [1.807, 2.05) is 35.9 Å². The van der Waals surface area contributed by atoms with Crippen LogP contribution in [0.1, 0.15) is 25.8 Å². The van der Waals surface area contributed by atoms with Gasteiger partial charge in [0.1, 0.15) is 0 Å². The van der Waals surface area contributed by atoms with Gasteiger partial charge in [-0.3, -0.25) is 4.79 Å². The van der Waals surface area contributed by atoms with E-state index in [0.29, 0.717) is 12.1 Å². The summed E-state index contributed by atoms with van der Waals surface area (Å²) in [4.78, 5) is 15.9. The van der Waals surface area contributed by atoms with Crippen molar-refractivity contribution in [2.24, 2.45) is 0 Å². The zero-order valence-electron chi connectivity index (χ0n) is 11.0. The summed E-state index contributed by atoms with van der Waals surface area (Å²) in [5.74, 6) is 0.115. The lowest BCUT2D eigenvalue weighted by Gasteiger charge is -2.38. The maximum absolute atomic E-state index is 12.1. The number of rotatable bonds is 2. The number of nitrogens with zero attached hydrogens (tertiary/aromatic N) is 3. The molecule has 0 N–H and O–H groups in total. The number of benzene rings is 1. The van der Waals surface area contributed by atoms with E-state index in [1.165, 1.54) is 0 Å². The van der Waals surface area contributed by atoms with E-state index in [2.05, 4.69) is 13.0 Å². The number of carbonyl (C=O) groups excluding carboxylic acids is 1. The zero-order valence-corrected chi connectivity index (χ0v) is 11.0. The molecule has 1 atom stereocenters. The summed E-state index contributed by atoms with van der Waals surface area (Å²) in [6.45, 7) is 4.48. The molecule has 0 saturated heterocycles. The van der Waals surface area contributed by atoms with Crippen LogP contribution in [0.3, 0.4) is 0 Å². The predicted molar refractivity (Wildman–Crippen MR) is 71.7 cm³/mol. The number of fused-ring (bicyclic) bond motifs is 1. The summed E-state index contributed by atoms with van der Waals surface area (Å²) < 4.78 is 0. The van der Waals surface area contributed by atoms with E-state index < -0.39 is 0 Å². The lowest BCUT2D eigenvalue weighted by Crippen LogP contribution is -2.48. The molecule has 1 heterocycles. The average molecular weight is 243 g/mol. The largest absolute Gasteiger partial charge is 0.364 e. The highest BCUT2D eigenvalue weighted by molar-refractivity contribution is 6.03. The first-order valence-corrected chi connectivity index (χ1v) is 6.15. The van der Waals surface area contributed by atoms with Crippen LogP contribution in [-0.4, -0.2) is 25.5 Å². The van der Waals surface area contributed by atoms with Crippen LogP contribution in [0.15, 0.2) is 18.2 Å². The number of nitriles is 1. The molecule has 0 bridgehead atoms. The van der Waals surface area contributed by atoms with Crippen LogP contribution in [-0.2, 0) is 4.79 Å². The van der Waals surface area contributed by atoms with Crippen LogP contribution in [0.25, 0.3) is 0 Å². The number of hydrogen-bond donors (Lipinski definition) is 0. The first-order valence-electron chi connectivity index (χ1n) is 6.15. The molecule has 0 aromatic heterocycles. The topological polar surface area (TPSA) is 47.3 Å². The van der Waals surface area contributed by atoms with Gasteiger partial charge in [-0.25, -0.2) is 0 Å². The summed E-state index contributed by atoms with van der Waals surface area (Å²) in [5, 5.41) is 8.95. The highest BCUT2D eigenvalue weighted by Crippen LogP contribution is 2.35. The molecular formula is C14H17N3O. The van der Waals surface area contributed by atoms with Gasteiger partial charge in [-0.05, 0) is 31.5 Å². The number of amides is 1. The second kappa shape index (κ2) is 4.69. The molecule has 94 valence electrons. The van der Waals surface area contributed by atoms with Gasteiger partial charge in [0.15, 0.2) is 0 Å². The molecule has 0 aliphatic carbocycles. The van der Waals surface area contributed by atoms with Crippen LogP contribution >= 0.6 is 0 Å². The van der Waals surface area contributed by atoms with Crippen molar-refractivity contribution in [3.63, 3.8) is 0 Å². The van der Waals surface area contributed by atoms with Crippen molar-refractivity contribution < 1.29 is 4.79 Å². The molecule has 2 rings (SSSR count). The number of hydrogen-bond acceptors (Lipinski definition) is 3. The van der Waals surface area contributed by atoms with E-state index in [9.17, 15) is 4.79 Å². The maximum Gasteiger partial charge on any atom is 0.246 e. The second-order valence-electron chi connectivity index (χ2n) is 4.69.